The Hall–Kier alpha value is -4.26. The van der Waals surface area contributed by atoms with Crippen molar-refractivity contribution in [2.45, 2.75) is 11.3 Å². The van der Waals surface area contributed by atoms with Gasteiger partial charge in [0, 0.05) is 40.8 Å². The standard InChI is InChI=1S/C27H20F2N4O4S2/c1-37-19-4-2-3-15(10-19)21-11-17(6-8-22(21)28)25-18(9-16-5-7-20(39(30)36)12-23(16)29)13-33(32-25)27-31-24(14-38-27)26(34)35/h2-8,10-14H,9H2,1H3,(H2,30,36)(H,34,35)/p+1. The molecule has 8 nitrogen and oxygen atoms in total. The van der Waals surface area contributed by atoms with Gasteiger partial charge in [0.2, 0.25) is 5.13 Å². The van der Waals surface area contributed by atoms with Gasteiger partial charge in [-0.05, 0) is 47.5 Å². The molecule has 1 unspecified atom stereocenters. The minimum atomic E-state index is -2.19. The van der Waals surface area contributed by atoms with Crippen molar-refractivity contribution >= 4 is 28.3 Å². The summed E-state index contributed by atoms with van der Waals surface area (Å²) in [5.74, 6) is -1.64. The molecule has 2 heterocycles. The molecule has 0 saturated heterocycles. The summed E-state index contributed by atoms with van der Waals surface area (Å²) in [5, 5.41) is 21.0. The molecule has 0 aliphatic rings. The molecule has 0 aliphatic heterocycles. The Morgan fingerprint density at radius 1 is 1.08 bits per heavy atom. The number of methoxy groups -OCH3 is 1. The number of aromatic nitrogens is 3. The molecule has 12 heteroatoms. The van der Waals surface area contributed by atoms with Crippen LogP contribution in [0.2, 0.25) is 0 Å². The predicted molar refractivity (Wildman–Crippen MR) is 145 cm³/mol. The zero-order chi connectivity index (χ0) is 27.7. The van der Waals surface area contributed by atoms with E-state index in [4.69, 9.17) is 9.88 Å². The normalized spacial score (nSPS) is 11.9. The Morgan fingerprint density at radius 2 is 1.90 bits per heavy atom. The van der Waals surface area contributed by atoms with E-state index in [0.29, 0.717) is 44.4 Å². The van der Waals surface area contributed by atoms with Crippen molar-refractivity contribution in [1.29, 1.82) is 0 Å². The van der Waals surface area contributed by atoms with Gasteiger partial charge in [-0.25, -0.2) is 23.2 Å². The van der Waals surface area contributed by atoms with E-state index >= 15 is 0 Å². The summed E-state index contributed by atoms with van der Waals surface area (Å²) in [6.45, 7) is 0. The first-order chi connectivity index (χ1) is 18.7. The summed E-state index contributed by atoms with van der Waals surface area (Å²) < 4.78 is 48.1. The summed E-state index contributed by atoms with van der Waals surface area (Å²) in [6.07, 6.45) is 1.72. The van der Waals surface area contributed by atoms with Gasteiger partial charge >= 0.3 is 5.97 Å². The molecule has 0 aliphatic carbocycles. The summed E-state index contributed by atoms with van der Waals surface area (Å²) in [4.78, 5) is 15.6. The smallest absolute Gasteiger partial charge is 0.355 e. The minimum Gasteiger partial charge on any atom is -0.497 e. The Balaban J connectivity index is 1.62. The zero-order valence-corrected chi connectivity index (χ0v) is 22.0. The number of carboxylic acids is 1. The van der Waals surface area contributed by atoms with Crippen LogP contribution in [-0.2, 0) is 21.6 Å². The van der Waals surface area contributed by atoms with Gasteiger partial charge in [-0.3, -0.25) is 0 Å². The number of halogens is 2. The van der Waals surface area contributed by atoms with Crippen molar-refractivity contribution in [2.75, 3.05) is 7.11 Å². The molecule has 0 amide bonds. The number of hydrogen-bond acceptors (Lipinski definition) is 6. The zero-order valence-electron chi connectivity index (χ0n) is 20.3. The monoisotopic (exact) mass is 567 g/mol. The molecule has 3 N–H and O–H groups in total. The van der Waals surface area contributed by atoms with E-state index in [9.17, 15) is 22.9 Å². The molecule has 39 heavy (non-hydrogen) atoms. The van der Waals surface area contributed by atoms with Gasteiger partial charge in [-0.2, -0.15) is 5.10 Å². The third-order valence-electron chi connectivity index (χ3n) is 5.99. The van der Waals surface area contributed by atoms with Gasteiger partial charge in [0.05, 0.1) is 12.8 Å². The van der Waals surface area contributed by atoms with Crippen molar-refractivity contribution < 1.29 is 27.6 Å². The van der Waals surface area contributed by atoms with Crippen molar-refractivity contribution in [3.8, 4) is 33.3 Å². The average molecular weight is 568 g/mol. The fourth-order valence-electron chi connectivity index (χ4n) is 4.05. The van der Waals surface area contributed by atoms with Crippen LogP contribution in [0.25, 0.3) is 27.5 Å². The Morgan fingerprint density at radius 3 is 2.59 bits per heavy atom. The van der Waals surface area contributed by atoms with Gasteiger partial charge in [0.1, 0.15) is 17.4 Å². The van der Waals surface area contributed by atoms with Crippen molar-refractivity contribution in [3.63, 3.8) is 0 Å². The van der Waals surface area contributed by atoms with Crippen LogP contribution >= 0.6 is 11.3 Å². The summed E-state index contributed by atoms with van der Waals surface area (Å²) >= 11 is 1.08. The first-order valence-corrected chi connectivity index (χ1v) is 13.7. The number of rotatable bonds is 8. The highest BCUT2D eigenvalue weighted by Crippen LogP contribution is 2.33. The van der Waals surface area contributed by atoms with E-state index in [1.54, 1.807) is 42.6 Å². The molecule has 5 rings (SSSR count). The highest BCUT2D eigenvalue weighted by molar-refractivity contribution is 7.82. The van der Waals surface area contributed by atoms with Crippen LogP contribution in [0.5, 0.6) is 5.75 Å². The van der Waals surface area contributed by atoms with E-state index in [1.165, 1.54) is 35.4 Å². The number of nitrogens with two attached hydrogens (primary N) is 1. The second kappa shape index (κ2) is 10.8. The summed E-state index contributed by atoms with van der Waals surface area (Å²) in [6, 6.07) is 15.7. The Bertz CT molecular complexity index is 1730. The number of hydrogen-bond donors (Lipinski definition) is 2. The van der Waals surface area contributed by atoms with Crippen molar-refractivity contribution in [1.82, 2.24) is 14.8 Å². The molecule has 0 spiro atoms. The molecule has 3 aromatic carbocycles. The van der Waals surface area contributed by atoms with E-state index in [1.807, 2.05) is 0 Å². The second-order valence-corrected chi connectivity index (χ2v) is 10.5. The molecule has 198 valence electrons. The van der Waals surface area contributed by atoms with Crippen LogP contribution in [0, 0.1) is 11.6 Å². The molecular weight excluding hydrogens is 546 g/mol. The first-order valence-electron chi connectivity index (χ1n) is 11.5. The minimum absolute atomic E-state index is 0.0891. The maximum absolute atomic E-state index is 14.9. The maximum Gasteiger partial charge on any atom is 0.355 e. The largest absolute Gasteiger partial charge is 0.497 e. The lowest BCUT2D eigenvalue weighted by Gasteiger charge is -2.09. The van der Waals surface area contributed by atoms with Crippen molar-refractivity contribution in [2.24, 2.45) is 5.14 Å². The quantitative estimate of drug-likeness (QED) is 0.197. The number of aromatic carboxylic acids is 1. The van der Waals surface area contributed by atoms with Gasteiger partial charge in [0.15, 0.2) is 21.6 Å². The second-order valence-electron chi connectivity index (χ2n) is 8.47. The van der Waals surface area contributed by atoms with Gasteiger partial charge in [-0.1, -0.05) is 22.4 Å². The molecule has 0 saturated carbocycles. The number of ether oxygens (including phenoxy) is 1. The molecule has 0 fully saturated rings. The Kier molecular flexibility index (Phi) is 7.33. The van der Waals surface area contributed by atoms with Crippen LogP contribution in [0.15, 0.2) is 77.1 Å². The average Bonchev–Trinajstić information content (AvgIpc) is 3.58. The Labute approximate surface area is 227 Å². The summed E-state index contributed by atoms with van der Waals surface area (Å²) in [5.41, 5.74) is 2.65. The SMILES string of the molecule is COc1cccc(-c2cc(-c3nn(-c4nc(C(=O)O)cs4)cc3Cc3ccc([SH+](N)=O)cc3F)ccc2F)c1. The predicted octanol–water partition coefficient (Wildman–Crippen LogP) is 5.17. The van der Waals surface area contributed by atoms with Gasteiger partial charge in [-0.15, -0.1) is 16.5 Å². The molecule has 0 radical (unpaired) electrons. The molecule has 2 aromatic heterocycles. The number of thiazole rings is 1. The lowest BCUT2D eigenvalue weighted by molar-refractivity contribution is 0.0691. The number of thiol groups is 1. The van der Waals surface area contributed by atoms with Gasteiger partial charge < -0.3 is 9.84 Å². The number of carbonyl (C=O) groups is 1. The number of nitrogens with zero attached hydrogens (tertiary/aromatic N) is 3. The summed E-state index contributed by atoms with van der Waals surface area (Å²) in [7, 11) is -0.669. The third-order valence-corrected chi connectivity index (χ3v) is 7.61. The lowest BCUT2D eigenvalue weighted by Crippen LogP contribution is -2.03. The van der Waals surface area contributed by atoms with Crippen LogP contribution in [0.1, 0.15) is 21.6 Å². The topological polar surface area (TPSA) is 120 Å². The fourth-order valence-corrected chi connectivity index (χ4v) is 5.24. The van der Waals surface area contributed by atoms with E-state index in [-0.39, 0.29) is 17.0 Å². The molecular formula is C27H21F2N4O4S2+. The number of carboxylic acid groups (broad SMARTS) is 1. The van der Waals surface area contributed by atoms with Crippen LogP contribution in [0.4, 0.5) is 8.78 Å². The highest BCUT2D eigenvalue weighted by Gasteiger charge is 2.20. The molecule has 0 bridgehead atoms. The van der Waals surface area contributed by atoms with E-state index < -0.39 is 28.6 Å². The number of benzene rings is 3. The van der Waals surface area contributed by atoms with E-state index in [2.05, 4.69) is 10.1 Å². The molecule has 1 atom stereocenters. The van der Waals surface area contributed by atoms with Gasteiger partial charge in [0.25, 0.3) is 0 Å². The first kappa shape index (κ1) is 26.4. The van der Waals surface area contributed by atoms with E-state index in [0.717, 1.165) is 17.4 Å². The highest BCUT2D eigenvalue weighted by atomic mass is 32.2. The van der Waals surface area contributed by atoms with Crippen molar-refractivity contribution in [3.05, 3.63) is 101 Å². The lowest BCUT2D eigenvalue weighted by atomic mass is 9.97. The fraction of sp³-hybridized carbons (Fsp3) is 0.0741. The third kappa shape index (κ3) is 5.48. The van der Waals surface area contributed by atoms with Crippen LogP contribution in [-0.4, -0.2) is 33.0 Å². The van der Waals surface area contributed by atoms with Crippen LogP contribution in [0.3, 0.4) is 0 Å². The van der Waals surface area contributed by atoms with Crippen LogP contribution < -0.4 is 9.88 Å². The molecule has 5 aromatic rings. The maximum atomic E-state index is 14.9.